The topological polar surface area (TPSA) is 102 Å². The monoisotopic (exact) mass is 698 g/mol. The van der Waals surface area contributed by atoms with E-state index >= 15 is 0 Å². The number of likely N-dealkylation sites (tertiary alicyclic amines) is 1. The highest BCUT2D eigenvalue weighted by molar-refractivity contribution is 7.99. The molecule has 2 atom stereocenters. The van der Waals surface area contributed by atoms with Gasteiger partial charge in [0.2, 0.25) is 5.91 Å². The lowest BCUT2D eigenvalue weighted by Gasteiger charge is -2.15. The molecular formula is C40H79N3O4S. The van der Waals surface area contributed by atoms with Crippen molar-refractivity contribution in [2.45, 2.75) is 181 Å². The zero-order chi connectivity index (χ0) is 35.5. The Labute approximate surface area is 301 Å². The molecule has 2 unspecified atom stereocenters. The maximum Gasteiger partial charge on any atom is 0.306 e. The van der Waals surface area contributed by atoms with Gasteiger partial charge in [-0.15, -0.1) is 0 Å². The third-order valence-corrected chi connectivity index (χ3v) is 10.3. The molecule has 0 aliphatic carbocycles. The largest absolute Gasteiger partial charge is 0.466 e. The van der Waals surface area contributed by atoms with Crippen molar-refractivity contribution in [3.8, 4) is 0 Å². The van der Waals surface area contributed by atoms with E-state index in [2.05, 4.69) is 37.9 Å². The van der Waals surface area contributed by atoms with Gasteiger partial charge in [0, 0.05) is 18.2 Å². The number of rotatable bonds is 32. The van der Waals surface area contributed by atoms with Gasteiger partial charge in [0.05, 0.1) is 19.1 Å². The van der Waals surface area contributed by atoms with Gasteiger partial charge in [-0.2, -0.15) is 11.8 Å². The second kappa shape index (κ2) is 35.7. The second-order valence-corrected chi connectivity index (χ2v) is 15.6. The highest BCUT2D eigenvalue weighted by atomic mass is 32.2. The summed E-state index contributed by atoms with van der Waals surface area (Å²) in [5, 5.41) is 2.94. The van der Waals surface area contributed by atoms with Gasteiger partial charge in [0.1, 0.15) is 6.29 Å². The van der Waals surface area contributed by atoms with Crippen molar-refractivity contribution >= 4 is 29.9 Å². The lowest BCUT2D eigenvalue weighted by atomic mass is 9.95. The molecule has 0 aromatic carbocycles. The van der Waals surface area contributed by atoms with E-state index in [-0.39, 0.29) is 11.9 Å². The number of carbonyl (C=O) groups is 3. The molecule has 284 valence electrons. The van der Waals surface area contributed by atoms with Crippen LogP contribution in [0.15, 0.2) is 0 Å². The Morgan fingerprint density at radius 2 is 1.33 bits per heavy atom. The first-order chi connectivity index (χ1) is 23.3. The molecule has 1 rings (SSSR count). The third kappa shape index (κ3) is 32.1. The zero-order valence-electron chi connectivity index (χ0n) is 32.1. The van der Waals surface area contributed by atoms with E-state index in [1.165, 1.54) is 122 Å². The van der Waals surface area contributed by atoms with E-state index in [1.54, 1.807) is 11.8 Å². The van der Waals surface area contributed by atoms with Crippen molar-refractivity contribution in [3.63, 3.8) is 0 Å². The second-order valence-electron chi connectivity index (χ2n) is 14.4. The first-order valence-corrected chi connectivity index (χ1v) is 21.4. The number of nitrogens with zero attached hydrogens (tertiary/aromatic N) is 1. The van der Waals surface area contributed by atoms with Crippen molar-refractivity contribution in [1.29, 1.82) is 0 Å². The van der Waals surface area contributed by atoms with Crippen LogP contribution in [0.25, 0.3) is 0 Å². The van der Waals surface area contributed by atoms with E-state index in [9.17, 15) is 14.4 Å². The van der Waals surface area contributed by atoms with Gasteiger partial charge < -0.3 is 25.5 Å². The Kier molecular flexibility index (Phi) is 34.9. The molecule has 3 N–H and O–H groups in total. The lowest BCUT2D eigenvalue weighted by molar-refractivity contribution is -0.143. The minimum atomic E-state index is -0.466. The number of amides is 1. The molecule has 0 spiro atoms. The smallest absolute Gasteiger partial charge is 0.306 e. The standard InChI is InChI=1S/C24H47N3O3S.C16H32O/c1-21(2)11-6-4-3-5-9-18-30-23(28)13-20-31-19-12-22(25)24(29)26-14-10-17-27-15-7-8-16-27;1-3-5-7-9-10-12-14-16(15-17)13-11-8-6-4-2/h21-22H,3-20,25H2,1-2H3,(H,26,29);15-16H,3-14H2,1-2H3. The van der Waals surface area contributed by atoms with Gasteiger partial charge in [-0.25, -0.2) is 0 Å². The molecular weight excluding hydrogens is 619 g/mol. The summed E-state index contributed by atoms with van der Waals surface area (Å²) in [6.07, 6.45) is 28.4. The number of esters is 1. The quantitative estimate of drug-likeness (QED) is 0.0410. The number of carbonyl (C=O) groups excluding carboxylic acids is 3. The van der Waals surface area contributed by atoms with E-state index in [0.717, 1.165) is 56.1 Å². The fourth-order valence-corrected chi connectivity index (χ4v) is 6.93. The fraction of sp³-hybridized carbons (Fsp3) is 0.925. The van der Waals surface area contributed by atoms with Gasteiger partial charge in [-0.05, 0) is 76.3 Å². The molecule has 1 fully saturated rings. The van der Waals surface area contributed by atoms with Crippen molar-refractivity contribution in [3.05, 3.63) is 0 Å². The van der Waals surface area contributed by atoms with Crippen molar-refractivity contribution in [2.24, 2.45) is 17.6 Å². The first-order valence-electron chi connectivity index (χ1n) is 20.3. The highest BCUT2D eigenvalue weighted by Gasteiger charge is 2.14. The Morgan fingerprint density at radius 1 is 0.771 bits per heavy atom. The molecule has 7 nitrogen and oxygen atoms in total. The SMILES string of the molecule is CC(C)CCCCCCCOC(=O)CCSCCC(N)C(=O)NCCCN1CCCC1.CCCCCCCCC(C=O)CCCCCC. The van der Waals surface area contributed by atoms with Crippen LogP contribution in [0.3, 0.4) is 0 Å². The van der Waals surface area contributed by atoms with Gasteiger partial charge in [0.15, 0.2) is 0 Å². The summed E-state index contributed by atoms with van der Waals surface area (Å²) in [6, 6.07) is -0.466. The minimum Gasteiger partial charge on any atom is -0.466 e. The van der Waals surface area contributed by atoms with E-state index < -0.39 is 6.04 Å². The normalized spacial score (nSPS) is 14.4. The summed E-state index contributed by atoms with van der Waals surface area (Å²) in [5.74, 6) is 2.46. The average molecular weight is 698 g/mol. The van der Waals surface area contributed by atoms with Gasteiger partial charge in [-0.1, -0.05) is 124 Å². The molecule has 0 radical (unpaired) electrons. The molecule has 0 aromatic heterocycles. The molecule has 1 heterocycles. The minimum absolute atomic E-state index is 0.0642. The molecule has 1 aliphatic heterocycles. The van der Waals surface area contributed by atoms with E-state index in [1.807, 2.05) is 0 Å². The average Bonchev–Trinajstić information content (AvgIpc) is 3.60. The summed E-state index contributed by atoms with van der Waals surface area (Å²) < 4.78 is 5.30. The summed E-state index contributed by atoms with van der Waals surface area (Å²) in [5.41, 5.74) is 5.98. The van der Waals surface area contributed by atoms with Crippen LogP contribution in [0.5, 0.6) is 0 Å². The maximum atomic E-state index is 12.0. The van der Waals surface area contributed by atoms with Crippen LogP contribution in [0.2, 0.25) is 0 Å². The summed E-state index contributed by atoms with van der Waals surface area (Å²) in [7, 11) is 0. The Morgan fingerprint density at radius 3 is 1.94 bits per heavy atom. The number of thioether (sulfide) groups is 1. The first kappa shape index (κ1) is 46.9. The molecule has 1 aliphatic rings. The maximum absolute atomic E-state index is 12.0. The van der Waals surface area contributed by atoms with Crippen LogP contribution in [0.4, 0.5) is 0 Å². The van der Waals surface area contributed by atoms with Crippen LogP contribution in [-0.2, 0) is 19.1 Å². The molecule has 1 saturated heterocycles. The van der Waals surface area contributed by atoms with E-state index in [4.69, 9.17) is 10.5 Å². The molecule has 0 saturated carbocycles. The number of nitrogens with two attached hydrogens (primary N) is 1. The van der Waals surface area contributed by atoms with Gasteiger partial charge in [-0.3, -0.25) is 9.59 Å². The predicted molar refractivity (Wildman–Crippen MR) is 208 cm³/mol. The van der Waals surface area contributed by atoms with Crippen LogP contribution in [0, 0.1) is 11.8 Å². The van der Waals surface area contributed by atoms with Crippen molar-refractivity contribution in [1.82, 2.24) is 10.2 Å². The number of ether oxygens (including phenoxy) is 1. The fourth-order valence-electron chi connectivity index (χ4n) is 5.99. The summed E-state index contributed by atoms with van der Waals surface area (Å²) in [4.78, 5) is 37.2. The molecule has 0 aromatic rings. The van der Waals surface area contributed by atoms with Crippen molar-refractivity contribution < 1.29 is 19.1 Å². The van der Waals surface area contributed by atoms with Gasteiger partial charge in [0.25, 0.3) is 0 Å². The molecule has 8 heteroatoms. The molecule has 1 amide bonds. The van der Waals surface area contributed by atoms with Gasteiger partial charge >= 0.3 is 5.97 Å². The Bertz CT molecular complexity index is 733. The Hall–Kier alpha value is -1.12. The van der Waals surface area contributed by atoms with Crippen LogP contribution < -0.4 is 11.1 Å². The Balaban J connectivity index is 0.00000110. The van der Waals surface area contributed by atoms with Crippen molar-refractivity contribution in [2.75, 3.05) is 44.3 Å². The summed E-state index contributed by atoms with van der Waals surface area (Å²) >= 11 is 1.66. The molecule has 48 heavy (non-hydrogen) atoms. The number of unbranched alkanes of at least 4 members (excludes halogenated alkanes) is 12. The van der Waals surface area contributed by atoms with Crippen LogP contribution in [0.1, 0.15) is 175 Å². The highest BCUT2D eigenvalue weighted by Crippen LogP contribution is 2.17. The number of aldehydes is 1. The summed E-state index contributed by atoms with van der Waals surface area (Å²) in [6.45, 7) is 13.7. The number of hydrogen-bond donors (Lipinski definition) is 2. The number of nitrogens with one attached hydrogen (secondary N) is 1. The van der Waals surface area contributed by atoms with Crippen LogP contribution in [-0.4, -0.2) is 73.4 Å². The third-order valence-electron chi connectivity index (χ3n) is 9.25. The zero-order valence-corrected chi connectivity index (χ0v) is 32.9. The predicted octanol–water partition coefficient (Wildman–Crippen LogP) is 9.49. The van der Waals surface area contributed by atoms with E-state index in [0.29, 0.717) is 31.9 Å². The molecule has 0 bridgehead atoms. The number of hydrogen-bond acceptors (Lipinski definition) is 7. The van der Waals surface area contributed by atoms with Crippen LogP contribution >= 0.6 is 11.8 Å². The lowest BCUT2D eigenvalue weighted by Crippen LogP contribution is -2.41.